The second kappa shape index (κ2) is 5.24. The Kier molecular flexibility index (Phi) is 3.67. The Morgan fingerprint density at radius 3 is 2.00 bits per heavy atom. The molecule has 3 nitrogen and oxygen atoms in total. The molecule has 0 radical (unpaired) electrons. The molecule has 0 aromatic heterocycles. The summed E-state index contributed by atoms with van der Waals surface area (Å²) in [6.07, 6.45) is 0.132. The van der Waals surface area contributed by atoms with Crippen molar-refractivity contribution in [2.75, 3.05) is 0 Å². The van der Waals surface area contributed by atoms with E-state index in [4.69, 9.17) is 5.11 Å². The Morgan fingerprint density at radius 1 is 1.00 bits per heavy atom. The number of carbonyl (C=O) groups is 1. The number of rotatable bonds is 4. The number of hydrogen-bond donors (Lipinski definition) is 2. The molecule has 2 aromatic carbocycles. The van der Waals surface area contributed by atoms with Crippen molar-refractivity contribution in [1.29, 1.82) is 0 Å². The minimum absolute atomic E-state index is 0.132. The van der Waals surface area contributed by atoms with Crippen molar-refractivity contribution >= 4 is 5.97 Å². The number of carboxylic acid groups (broad SMARTS) is 1. The zero-order chi connectivity index (χ0) is 13.9. The van der Waals surface area contributed by atoms with Gasteiger partial charge in [-0.15, -0.1) is 0 Å². The topological polar surface area (TPSA) is 57.5 Å². The van der Waals surface area contributed by atoms with Crippen LogP contribution in [0.4, 0.5) is 0 Å². The molecule has 0 saturated carbocycles. The zero-order valence-corrected chi connectivity index (χ0v) is 10.7. The molecule has 1 unspecified atom stereocenters. The first-order valence-corrected chi connectivity index (χ1v) is 6.19. The van der Waals surface area contributed by atoms with Crippen molar-refractivity contribution < 1.29 is 15.0 Å². The van der Waals surface area contributed by atoms with Crippen molar-refractivity contribution in [3.8, 4) is 11.1 Å². The zero-order valence-electron chi connectivity index (χ0n) is 10.7. The fourth-order valence-corrected chi connectivity index (χ4v) is 2.05. The molecule has 2 aromatic rings. The first-order valence-electron chi connectivity index (χ1n) is 6.19. The molecule has 0 amide bonds. The minimum atomic E-state index is -1.81. The molecule has 1 atom stereocenters. The molecule has 0 aliphatic heterocycles. The standard InChI is InChI=1S/C16H16O3/c1-2-16(19,15(17)18)14-10-8-13(9-11-14)12-6-4-3-5-7-12/h3-11,19H,2H2,1H3,(H,17,18). The van der Waals surface area contributed by atoms with Crippen LogP contribution in [0.25, 0.3) is 11.1 Å². The van der Waals surface area contributed by atoms with Crippen LogP contribution in [-0.4, -0.2) is 16.2 Å². The van der Waals surface area contributed by atoms with E-state index in [1.54, 1.807) is 19.1 Å². The van der Waals surface area contributed by atoms with Crippen molar-refractivity contribution in [2.45, 2.75) is 18.9 Å². The number of carboxylic acids is 1. The third kappa shape index (κ3) is 2.51. The highest BCUT2D eigenvalue weighted by atomic mass is 16.4. The lowest BCUT2D eigenvalue weighted by molar-refractivity contribution is -0.160. The lowest BCUT2D eigenvalue weighted by Gasteiger charge is -2.22. The molecule has 19 heavy (non-hydrogen) atoms. The smallest absolute Gasteiger partial charge is 0.340 e. The summed E-state index contributed by atoms with van der Waals surface area (Å²) in [5, 5.41) is 19.3. The summed E-state index contributed by atoms with van der Waals surface area (Å²) >= 11 is 0. The van der Waals surface area contributed by atoms with E-state index in [-0.39, 0.29) is 6.42 Å². The summed E-state index contributed by atoms with van der Waals surface area (Å²) in [5.41, 5.74) is 0.648. The quantitative estimate of drug-likeness (QED) is 0.884. The maximum absolute atomic E-state index is 11.2. The lowest BCUT2D eigenvalue weighted by Crippen LogP contribution is -2.34. The first-order chi connectivity index (χ1) is 9.08. The highest BCUT2D eigenvalue weighted by Crippen LogP contribution is 2.28. The largest absolute Gasteiger partial charge is 0.479 e. The van der Waals surface area contributed by atoms with E-state index in [9.17, 15) is 9.90 Å². The fraction of sp³-hybridized carbons (Fsp3) is 0.188. The molecule has 98 valence electrons. The highest BCUT2D eigenvalue weighted by Gasteiger charge is 2.35. The fourth-order valence-electron chi connectivity index (χ4n) is 2.05. The monoisotopic (exact) mass is 256 g/mol. The Labute approximate surface area is 112 Å². The van der Waals surface area contributed by atoms with Gasteiger partial charge in [0.2, 0.25) is 0 Å². The van der Waals surface area contributed by atoms with Crippen LogP contribution >= 0.6 is 0 Å². The number of aliphatic carboxylic acids is 1. The van der Waals surface area contributed by atoms with E-state index in [2.05, 4.69) is 0 Å². The van der Waals surface area contributed by atoms with Crippen molar-refractivity contribution in [1.82, 2.24) is 0 Å². The van der Waals surface area contributed by atoms with Gasteiger partial charge in [0.25, 0.3) is 0 Å². The van der Waals surface area contributed by atoms with E-state index in [0.29, 0.717) is 5.56 Å². The van der Waals surface area contributed by atoms with Crippen molar-refractivity contribution in [3.05, 3.63) is 60.2 Å². The van der Waals surface area contributed by atoms with E-state index in [1.165, 1.54) is 0 Å². The summed E-state index contributed by atoms with van der Waals surface area (Å²) in [6.45, 7) is 1.65. The summed E-state index contributed by atoms with van der Waals surface area (Å²) in [7, 11) is 0. The van der Waals surface area contributed by atoms with Gasteiger partial charge in [-0.25, -0.2) is 4.79 Å². The Balaban J connectivity index is 2.36. The summed E-state index contributed by atoms with van der Waals surface area (Å²) in [4.78, 5) is 11.2. The highest BCUT2D eigenvalue weighted by molar-refractivity contribution is 5.79. The van der Waals surface area contributed by atoms with Gasteiger partial charge in [0.15, 0.2) is 5.60 Å². The molecule has 0 heterocycles. The second-order valence-electron chi connectivity index (χ2n) is 4.46. The maximum Gasteiger partial charge on any atom is 0.340 e. The normalized spacial score (nSPS) is 13.8. The van der Waals surface area contributed by atoms with E-state index in [1.807, 2.05) is 42.5 Å². The van der Waals surface area contributed by atoms with Crippen LogP contribution in [0, 0.1) is 0 Å². The molecule has 0 spiro atoms. The van der Waals surface area contributed by atoms with Gasteiger partial charge < -0.3 is 10.2 Å². The van der Waals surface area contributed by atoms with E-state index in [0.717, 1.165) is 11.1 Å². The van der Waals surface area contributed by atoms with E-state index >= 15 is 0 Å². The molecule has 2 rings (SSSR count). The number of benzene rings is 2. The third-order valence-electron chi connectivity index (χ3n) is 3.34. The summed E-state index contributed by atoms with van der Waals surface area (Å²) < 4.78 is 0. The molecule has 0 aliphatic carbocycles. The van der Waals surface area contributed by atoms with Crippen LogP contribution in [0.5, 0.6) is 0 Å². The Hall–Kier alpha value is -2.13. The first kappa shape index (κ1) is 13.3. The van der Waals surface area contributed by atoms with Crippen LogP contribution in [0.1, 0.15) is 18.9 Å². The maximum atomic E-state index is 11.2. The van der Waals surface area contributed by atoms with Gasteiger partial charge in [-0.3, -0.25) is 0 Å². The predicted molar refractivity (Wildman–Crippen MR) is 73.7 cm³/mol. The number of hydrogen-bond acceptors (Lipinski definition) is 2. The van der Waals surface area contributed by atoms with Crippen LogP contribution in [0.15, 0.2) is 54.6 Å². The Morgan fingerprint density at radius 2 is 1.53 bits per heavy atom. The summed E-state index contributed by atoms with van der Waals surface area (Å²) in [6, 6.07) is 16.8. The molecular weight excluding hydrogens is 240 g/mol. The van der Waals surface area contributed by atoms with Gasteiger partial charge in [-0.2, -0.15) is 0 Å². The predicted octanol–water partition coefficient (Wildman–Crippen LogP) is 3.04. The van der Waals surface area contributed by atoms with Crippen LogP contribution in [-0.2, 0) is 10.4 Å². The minimum Gasteiger partial charge on any atom is -0.479 e. The van der Waals surface area contributed by atoms with E-state index < -0.39 is 11.6 Å². The van der Waals surface area contributed by atoms with Crippen molar-refractivity contribution in [3.63, 3.8) is 0 Å². The molecule has 0 bridgehead atoms. The van der Waals surface area contributed by atoms with Crippen LogP contribution in [0.3, 0.4) is 0 Å². The molecule has 0 aliphatic rings. The van der Waals surface area contributed by atoms with Gasteiger partial charge in [0.05, 0.1) is 0 Å². The van der Waals surface area contributed by atoms with Crippen molar-refractivity contribution in [2.24, 2.45) is 0 Å². The third-order valence-corrected chi connectivity index (χ3v) is 3.34. The summed E-state index contributed by atoms with van der Waals surface area (Å²) in [5.74, 6) is -1.22. The SMILES string of the molecule is CCC(O)(C(=O)O)c1ccc(-c2ccccc2)cc1. The average Bonchev–Trinajstić information content (AvgIpc) is 2.47. The molecule has 3 heteroatoms. The molecule has 0 saturated heterocycles. The number of aliphatic hydroxyl groups is 1. The van der Waals surface area contributed by atoms with Gasteiger partial charge in [0.1, 0.15) is 0 Å². The van der Waals surface area contributed by atoms with Gasteiger partial charge in [-0.1, -0.05) is 61.5 Å². The van der Waals surface area contributed by atoms with Gasteiger partial charge in [0, 0.05) is 0 Å². The lowest BCUT2D eigenvalue weighted by atomic mass is 9.90. The second-order valence-corrected chi connectivity index (χ2v) is 4.46. The van der Waals surface area contributed by atoms with Gasteiger partial charge >= 0.3 is 5.97 Å². The van der Waals surface area contributed by atoms with Gasteiger partial charge in [-0.05, 0) is 23.1 Å². The van der Waals surface area contributed by atoms with Crippen LogP contribution < -0.4 is 0 Å². The Bertz CT molecular complexity index is 560. The molecule has 0 fully saturated rings. The molecule has 2 N–H and O–H groups in total. The molecular formula is C16H16O3. The average molecular weight is 256 g/mol. The van der Waals surface area contributed by atoms with Crippen LogP contribution in [0.2, 0.25) is 0 Å².